The first-order chi connectivity index (χ1) is 11.7. The number of rotatable bonds is 9. The van der Waals surface area contributed by atoms with Crippen molar-refractivity contribution >= 4 is 23.2 Å². The maximum atomic E-state index is 11.1. The van der Waals surface area contributed by atoms with Crippen molar-refractivity contribution in [3.63, 3.8) is 0 Å². The third-order valence-corrected chi connectivity index (χ3v) is 3.05. The summed E-state index contributed by atoms with van der Waals surface area (Å²) < 4.78 is 5.67. The van der Waals surface area contributed by atoms with E-state index in [0.29, 0.717) is 18.9 Å². The van der Waals surface area contributed by atoms with Gasteiger partial charge in [0.25, 0.3) is 0 Å². The van der Waals surface area contributed by atoms with Gasteiger partial charge in [0.1, 0.15) is 30.3 Å². The van der Waals surface area contributed by atoms with E-state index in [4.69, 9.17) is 4.74 Å². The zero-order chi connectivity index (χ0) is 17.2. The molecule has 0 aliphatic carbocycles. The predicted octanol–water partition coefficient (Wildman–Crippen LogP) is 2.75. The van der Waals surface area contributed by atoms with Crippen LogP contribution in [0.15, 0.2) is 36.7 Å². The standard InChI is InChI=1S/C17H23N5O2/c1-3-7-18-16-11-17(21-12-20-16)19-8-9-24-15-6-4-5-14(10-15)22-13(2)23/h4-6,10-12H,3,7-9H2,1-2H3,(H,22,23)(H2,18,19,20,21). The molecule has 0 unspecified atom stereocenters. The molecule has 1 aromatic carbocycles. The molecule has 1 heterocycles. The summed E-state index contributed by atoms with van der Waals surface area (Å²) in [7, 11) is 0. The Kier molecular flexibility index (Phi) is 6.82. The molecule has 0 saturated carbocycles. The zero-order valence-corrected chi connectivity index (χ0v) is 14.0. The van der Waals surface area contributed by atoms with Crippen molar-refractivity contribution in [1.82, 2.24) is 9.97 Å². The summed E-state index contributed by atoms with van der Waals surface area (Å²) in [6.45, 7) is 5.54. The zero-order valence-electron chi connectivity index (χ0n) is 14.0. The number of amides is 1. The minimum absolute atomic E-state index is 0.106. The van der Waals surface area contributed by atoms with Crippen LogP contribution in [0, 0.1) is 0 Å². The lowest BCUT2D eigenvalue weighted by molar-refractivity contribution is -0.114. The summed E-state index contributed by atoms with van der Waals surface area (Å²) in [6, 6.07) is 9.16. The number of anilines is 3. The van der Waals surface area contributed by atoms with Crippen molar-refractivity contribution in [2.45, 2.75) is 20.3 Å². The van der Waals surface area contributed by atoms with E-state index in [9.17, 15) is 4.79 Å². The van der Waals surface area contributed by atoms with Gasteiger partial charge in [0.15, 0.2) is 0 Å². The van der Waals surface area contributed by atoms with Crippen LogP contribution in [-0.4, -0.2) is 35.6 Å². The summed E-state index contributed by atoms with van der Waals surface area (Å²) in [5.41, 5.74) is 0.718. The number of hydrogen-bond acceptors (Lipinski definition) is 6. The van der Waals surface area contributed by atoms with Gasteiger partial charge in [-0.15, -0.1) is 0 Å². The molecule has 2 rings (SSSR count). The van der Waals surface area contributed by atoms with E-state index in [1.165, 1.54) is 13.3 Å². The minimum atomic E-state index is -0.106. The maximum Gasteiger partial charge on any atom is 0.221 e. The first-order valence-electron chi connectivity index (χ1n) is 7.97. The number of ether oxygens (including phenoxy) is 1. The van der Waals surface area contributed by atoms with Crippen LogP contribution in [0.4, 0.5) is 17.3 Å². The van der Waals surface area contributed by atoms with E-state index >= 15 is 0 Å². The quantitative estimate of drug-likeness (QED) is 0.613. The predicted molar refractivity (Wildman–Crippen MR) is 95.5 cm³/mol. The fourth-order valence-corrected chi connectivity index (χ4v) is 2.02. The smallest absolute Gasteiger partial charge is 0.221 e. The molecule has 1 aromatic heterocycles. The van der Waals surface area contributed by atoms with Gasteiger partial charge in [0.2, 0.25) is 5.91 Å². The van der Waals surface area contributed by atoms with Gasteiger partial charge in [-0.1, -0.05) is 13.0 Å². The fraction of sp³-hybridized carbons (Fsp3) is 0.353. The van der Waals surface area contributed by atoms with Crippen LogP contribution < -0.4 is 20.7 Å². The van der Waals surface area contributed by atoms with Crippen LogP contribution in [0.5, 0.6) is 5.75 Å². The van der Waals surface area contributed by atoms with Gasteiger partial charge in [-0.3, -0.25) is 4.79 Å². The second-order valence-corrected chi connectivity index (χ2v) is 5.20. The van der Waals surface area contributed by atoms with Gasteiger partial charge in [-0.05, 0) is 18.6 Å². The summed E-state index contributed by atoms with van der Waals surface area (Å²) in [6.07, 6.45) is 2.57. The Morgan fingerprint density at radius 2 is 1.88 bits per heavy atom. The number of carbonyl (C=O) groups excluding carboxylic acids is 1. The largest absolute Gasteiger partial charge is 0.492 e. The van der Waals surface area contributed by atoms with Crippen molar-refractivity contribution in [3.05, 3.63) is 36.7 Å². The highest BCUT2D eigenvalue weighted by Crippen LogP contribution is 2.17. The normalized spacial score (nSPS) is 10.1. The van der Waals surface area contributed by atoms with Crippen LogP contribution in [0.1, 0.15) is 20.3 Å². The van der Waals surface area contributed by atoms with E-state index in [1.807, 2.05) is 24.3 Å². The van der Waals surface area contributed by atoms with Gasteiger partial charge in [0.05, 0.1) is 6.54 Å². The molecule has 0 atom stereocenters. The summed E-state index contributed by atoms with van der Waals surface area (Å²) >= 11 is 0. The summed E-state index contributed by atoms with van der Waals surface area (Å²) in [5.74, 6) is 2.15. The molecule has 2 aromatic rings. The van der Waals surface area contributed by atoms with Crippen molar-refractivity contribution in [2.24, 2.45) is 0 Å². The van der Waals surface area contributed by atoms with E-state index in [1.54, 1.807) is 6.07 Å². The van der Waals surface area contributed by atoms with E-state index < -0.39 is 0 Å². The molecular formula is C17H23N5O2. The van der Waals surface area contributed by atoms with E-state index in [0.717, 1.165) is 30.3 Å². The van der Waals surface area contributed by atoms with E-state index in [-0.39, 0.29) is 5.91 Å². The molecular weight excluding hydrogens is 306 g/mol. The van der Waals surface area contributed by atoms with Crippen LogP contribution in [0.2, 0.25) is 0 Å². The van der Waals surface area contributed by atoms with Crippen LogP contribution in [-0.2, 0) is 4.79 Å². The highest BCUT2D eigenvalue weighted by molar-refractivity contribution is 5.88. The summed E-state index contributed by atoms with van der Waals surface area (Å²) in [5, 5.41) is 9.13. The van der Waals surface area contributed by atoms with Crippen molar-refractivity contribution in [3.8, 4) is 5.75 Å². The number of nitrogens with one attached hydrogen (secondary N) is 3. The molecule has 3 N–H and O–H groups in total. The third-order valence-electron chi connectivity index (χ3n) is 3.05. The van der Waals surface area contributed by atoms with Crippen molar-refractivity contribution in [1.29, 1.82) is 0 Å². The number of hydrogen-bond donors (Lipinski definition) is 3. The highest BCUT2D eigenvalue weighted by Gasteiger charge is 2.00. The van der Waals surface area contributed by atoms with Gasteiger partial charge in [0, 0.05) is 31.3 Å². The minimum Gasteiger partial charge on any atom is -0.492 e. The fourth-order valence-electron chi connectivity index (χ4n) is 2.02. The third kappa shape index (κ3) is 6.12. The molecule has 0 fully saturated rings. The molecule has 0 aliphatic heterocycles. The highest BCUT2D eigenvalue weighted by atomic mass is 16.5. The average Bonchev–Trinajstić information content (AvgIpc) is 2.57. The number of benzene rings is 1. The topological polar surface area (TPSA) is 88.2 Å². The second-order valence-electron chi connectivity index (χ2n) is 5.20. The van der Waals surface area contributed by atoms with Gasteiger partial charge in [-0.2, -0.15) is 0 Å². The van der Waals surface area contributed by atoms with Crippen LogP contribution in [0.3, 0.4) is 0 Å². The van der Waals surface area contributed by atoms with E-state index in [2.05, 4.69) is 32.8 Å². The molecule has 0 spiro atoms. The first-order valence-corrected chi connectivity index (χ1v) is 7.97. The lowest BCUT2D eigenvalue weighted by Crippen LogP contribution is -2.13. The monoisotopic (exact) mass is 329 g/mol. The number of nitrogens with zero attached hydrogens (tertiary/aromatic N) is 2. The maximum absolute atomic E-state index is 11.1. The molecule has 1 amide bonds. The average molecular weight is 329 g/mol. The number of carbonyl (C=O) groups is 1. The number of aromatic nitrogens is 2. The van der Waals surface area contributed by atoms with Crippen LogP contribution in [0.25, 0.3) is 0 Å². The molecule has 24 heavy (non-hydrogen) atoms. The van der Waals surface area contributed by atoms with Gasteiger partial charge < -0.3 is 20.7 Å². The molecule has 128 valence electrons. The Bertz CT molecular complexity index is 663. The summed E-state index contributed by atoms with van der Waals surface area (Å²) in [4.78, 5) is 19.4. The van der Waals surface area contributed by atoms with Crippen LogP contribution >= 0.6 is 0 Å². The molecule has 0 radical (unpaired) electrons. The molecule has 0 aliphatic rings. The van der Waals surface area contributed by atoms with Gasteiger partial charge >= 0.3 is 0 Å². The van der Waals surface area contributed by atoms with Crippen molar-refractivity contribution in [2.75, 3.05) is 35.6 Å². The first kappa shape index (κ1) is 17.5. The second kappa shape index (κ2) is 9.34. The van der Waals surface area contributed by atoms with Crippen molar-refractivity contribution < 1.29 is 9.53 Å². The lowest BCUT2D eigenvalue weighted by Gasteiger charge is -2.10. The Labute approximate surface area is 141 Å². The SMILES string of the molecule is CCCNc1cc(NCCOc2cccc(NC(C)=O)c2)ncn1. The molecule has 7 heteroatoms. The Morgan fingerprint density at radius 1 is 1.12 bits per heavy atom. The Morgan fingerprint density at radius 3 is 2.58 bits per heavy atom. The lowest BCUT2D eigenvalue weighted by atomic mass is 10.3. The molecule has 0 bridgehead atoms. The molecule has 0 saturated heterocycles. The molecule has 7 nitrogen and oxygen atoms in total. The Balaban J connectivity index is 1.77. The van der Waals surface area contributed by atoms with Gasteiger partial charge in [-0.25, -0.2) is 9.97 Å². The Hall–Kier alpha value is -2.83.